The van der Waals surface area contributed by atoms with Gasteiger partial charge in [0.2, 0.25) is 0 Å². The second-order valence-corrected chi connectivity index (χ2v) is 5.48. The van der Waals surface area contributed by atoms with Gasteiger partial charge in [-0.1, -0.05) is 36.0 Å². The maximum Gasteiger partial charge on any atom is 0.188 e. The molecule has 1 aliphatic rings. The van der Waals surface area contributed by atoms with E-state index in [1.807, 2.05) is 37.3 Å². The Hall–Kier alpha value is -1.68. The van der Waals surface area contributed by atoms with Crippen LogP contribution in [0.3, 0.4) is 0 Å². The fourth-order valence-corrected chi connectivity index (χ4v) is 3.18. The largest absolute Gasteiger partial charge is 0.293 e. The number of carbonyl (C=O) groups is 1. The first-order valence-corrected chi connectivity index (χ1v) is 6.70. The summed E-state index contributed by atoms with van der Waals surface area (Å²) in [6.07, 6.45) is 2.51. The summed E-state index contributed by atoms with van der Waals surface area (Å²) in [5.74, 6) is 0.195. The standard InChI is InChI=1S/C14H12N2OS/c1-9-6-7-15-14(16-9)18-12-8-10-4-2-3-5-11(10)13(12)17/h2-7,12H,8H2,1H3. The molecule has 0 saturated carbocycles. The molecule has 0 spiro atoms. The number of carbonyl (C=O) groups excluding carboxylic acids is 1. The van der Waals surface area contributed by atoms with Crippen molar-refractivity contribution in [2.45, 2.75) is 23.8 Å². The van der Waals surface area contributed by atoms with Crippen molar-refractivity contribution in [1.29, 1.82) is 0 Å². The number of nitrogens with zero attached hydrogens (tertiary/aromatic N) is 2. The number of ketones is 1. The number of thioether (sulfide) groups is 1. The van der Waals surface area contributed by atoms with Gasteiger partial charge in [-0.05, 0) is 25.0 Å². The average Bonchev–Trinajstić information content (AvgIpc) is 2.67. The summed E-state index contributed by atoms with van der Waals surface area (Å²) in [4.78, 5) is 20.7. The van der Waals surface area contributed by atoms with Crippen LogP contribution in [0.5, 0.6) is 0 Å². The van der Waals surface area contributed by atoms with Gasteiger partial charge in [0.15, 0.2) is 10.9 Å². The molecule has 1 unspecified atom stereocenters. The lowest BCUT2D eigenvalue weighted by Gasteiger charge is -2.06. The van der Waals surface area contributed by atoms with Gasteiger partial charge in [-0.3, -0.25) is 4.79 Å². The van der Waals surface area contributed by atoms with E-state index >= 15 is 0 Å². The molecule has 0 bridgehead atoms. The molecule has 18 heavy (non-hydrogen) atoms. The van der Waals surface area contributed by atoms with Crippen molar-refractivity contribution in [2.24, 2.45) is 0 Å². The van der Waals surface area contributed by atoms with Crippen molar-refractivity contribution in [1.82, 2.24) is 9.97 Å². The third kappa shape index (κ3) is 2.04. The van der Waals surface area contributed by atoms with E-state index in [0.29, 0.717) is 5.16 Å². The Morgan fingerprint density at radius 3 is 2.89 bits per heavy atom. The van der Waals surface area contributed by atoms with E-state index in [0.717, 1.165) is 23.2 Å². The first kappa shape index (κ1) is 11.4. The van der Waals surface area contributed by atoms with Crippen LogP contribution in [-0.4, -0.2) is 21.0 Å². The SMILES string of the molecule is Cc1ccnc(SC2Cc3ccccc3C2=O)n1. The number of Topliss-reactive ketones (excluding diaryl/α,β-unsaturated/α-hetero) is 1. The summed E-state index contributed by atoms with van der Waals surface area (Å²) in [5, 5.41) is 0.602. The van der Waals surface area contributed by atoms with Gasteiger partial charge in [-0.2, -0.15) is 0 Å². The van der Waals surface area contributed by atoms with Crippen molar-refractivity contribution in [2.75, 3.05) is 0 Å². The predicted molar refractivity (Wildman–Crippen MR) is 70.9 cm³/mol. The summed E-state index contributed by atoms with van der Waals surface area (Å²) in [5.41, 5.74) is 2.91. The van der Waals surface area contributed by atoms with Gasteiger partial charge in [0.25, 0.3) is 0 Å². The molecule has 1 aromatic carbocycles. The minimum atomic E-state index is -0.0794. The van der Waals surface area contributed by atoms with Crippen LogP contribution < -0.4 is 0 Å². The first-order valence-electron chi connectivity index (χ1n) is 5.82. The van der Waals surface area contributed by atoms with E-state index in [1.165, 1.54) is 11.8 Å². The monoisotopic (exact) mass is 256 g/mol. The molecule has 1 aliphatic carbocycles. The summed E-state index contributed by atoms with van der Waals surface area (Å²) >= 11 is 1.46. The van der Waals surface area contributed by atoms with Crippen LogP contribution in [0.25, 0.3) is 0 Å². The summed E-state index contributed by atoms with van der Waals surface area (Å²) < 4.78 is 0. The lowest BCUT2D eigenvalue weighted by molar-refractivity contribution is 0.1000. The maximum atomic E-state index is 12.2. The van der Waals surface area contributed by atoms with Gasteiger partial charge in [-0.15, -0.1) is 0 Å². The molecule has 90 valence electrons. The number of fused-ring (bicyclic) bond motifs is 1. The highest BCUT2D eigenvalue weighted by Crippen LogP contribution is 2.32. The highest BCUT2D eigenvalue weighted by molar-refractivity contribution is 8.00. The molecule has 0 fully saturated rings. The third-order valence-electron chi connectivity index (χ3n) is 3.00. The molecule has 0 aliphatic heterocycles. The van der Waals surface area contributed by atoms with Crippen LogP contribution in [0.2, 0.25) is 0 Å². The van der Waals surface area contributed by atoms with Crippen LogP contribution in [0.4, 0.5) is 0 Å². The highest BCUT2D eigenvalue weighted by Gasteiger charge is 2.31. The zero-order valence-electron chi connectivity index (χ0n) is 9.96. The summed E-state index contributed by atoms with van der Waals surface area (Å²) in [6, 6.07) is 9.66. The zero-order valence-corrected chi connectivity index (χ0v) is 10.8. The molecule has 3 rings (SSSR count). The minimum absolute atomic E-state index is 0.0794. The number of aryl methyl sites for hydroxylation is 1. The van der Waals surface area contributed by atoms with E-state index in [1.54, 1.807) is 6.20 Å². The number of hydrogen-bond donors (Lipinski definition) is 0. The van der Waals surface area contributed by atoms with Gasteiger partial charge in [-0.25, -0.2) is 9.97 Å². The van der Waals surface area contributed by atoms with Crippen molar-refractivity contribution in [3.8, 4) is 0 Å². The Morgan fingerprint density at radius 2 is 2.11 bits per heavy atom. The highest BCUT2D eigenvalue weighted by atomic mass is 32.2. The van der Waals surface area contributed by atoms with Crippen LogP contribution in [-0.2, 0) is 6.42 Å². The quantitative estimate of drug-likeness (QED) is 0.775. The Kier molecular flexibility index (Phi) is 2.88. The van der Waals surface area contributed by atoms with E-state index in [-0.39, 0.29) is 11.0 Å². The van der Waals surface area contributed by atoms with E-state index < -0.39 is 0 Å². The smallest absolute Gasteiger partial charge is 0.188 e. The fraction of sp³-hybridized carbons (Fsp3) is 0.214. The van der Waals surface area contributed by atoms with Gasteiger partial charge in [0, 0.05) is 17.5 Å². The van der Waals surface area contributed by atoms with Crippen molar-refractivity contribution >= 4 is 17.5 Å². The van der Waals surface area contributed by atoms with E-state index in [4.69, 9.17) is 0 Å². The molecule has 1 heterocycles. The lowest BCUT2D eigenvalue weighted by Crippen LogP contribution is -2.12. The molecule has 2 aromatic rings. The second kappa shape index (κ2) is 4.53. The summed E-state index contributed by atoms with van der Waals surface area (Å²) in [7, 11) is 0. The molecule has 0 radical (unpaired) electrons. The van der Waals surface area contributed by atoms with Gasteiger partial charge >= 0.3 is 0 Å². The molecule has 0 N–H and O–H groups in total. The van der Waals surface area contributed by atoms with Gasteiger partial charge in [0.1, 0.15) is 0 Å². The van der Waals surface area contributed by atoms with Crippen LogP contribution >= 0.6 is 11.8 Å². The predicted octanol–water partition coefficient (Wildman–Crippen LogP) is 2.68. The fourth-order valence-electron chi connectivity index (χ4n) is 2.11. The molecule has 0 saturated heterocycles. The number of rotatable bonds is 2. The Bertz CT molecular complexity index is 612. The van der Waals surface area contributed by atoms with Crippen molar-refractivity contribution in [3.63, 3.8) is 0 Å². The molecule has 1 aromatic heterocycles. The molecular weight excluding hydrogens is 244 g/mol. The zero-order chi connectivity index (χ0) is 12.5. The van der Waals surface area contributed by atoms with Crippen molar-refractivity contribution in [3.05, 3.63) is 53.3 Å². The Morgan fingerprint density at radius 1 is 1.28 bits per heavy atom. The van der Waals surface area contributed by atoms with Crippen LogP contribution in [0, 0.1) is 6.92 Å². The molecular formula is C14H12N2OS. The van der Waals surface area contributed by atoms with Crippen LogP contribution in [0.1, 0.15) is 21.6 Å². The Labute approximate surface area is 110 Å². The maximum absolute atomic E-state index is 12.2. The normalized spacial score (nSPS) is 17.8. The van der Waals surface area contributed by atoms with Gasteiger partial charge in [0.05, 0.1) is 5.25 Å². The first-order chi connectivity index (χ1) is 8.74. The number of aromatic nitrogens is 2. The summed E-state index contributed by atoms with van der Waals surface area (Å²) in [6.45, 7) is 1.93. The molecule has 0 amide bonds. The Balaban J connectivity index is 1.83. The average molecular weight is 256 g/mol. The number of benzene rings is 1. The van der Waals surface area contributed by atoms with Crippen LogP contribution in [0.15, 0.2) is 41.7 Å². The lowest BCUT2D eigenvalue weighted by atomic mass is 10.1. The minimum Gasteiger partial charge on any atom is -0.293 e. The van der Waals surface area contributed by atoms with Crippen molar-refractivity contribution < 1.29 is 4.79 Å². The third-order valence-corrected chi connectivity index (χ3v) is 4.07. The van der Waals surface area contributed by atoms with E-state index in [9.17, 15) is 4.79 Å². The topological polar surface area (TPSA) is 42.9 Å². The molecule has 4 heteroatoms. The second-order valence-electron chi connectivity index (χ2n) is 4.31. The van der Waals surface area contributed by atoms with Gasteiger partial charge < -0.3 is 0 Å². The van der Waals surface area contributed by atoms with E-state index in [2.05, 4.69) is 9.97 Å². The molecule has 1 atom stereocenters. The number of hydrogen-bond acceptors (Lipinski definition) is 4. The molecule has 3 nitrogen and oxygen atoms in total.